The van der Waals surface area contributed by atoms with Gasteiger partial charge in [-0.3, -0.25) is 0 Å². The fourth-order valence-electron chi connectivity index (χ4n) is 0.855. The van der Waals surface area contributed by atoms with Crippen LogP contribution in [0.15, 0.2) is 0 Å². The maximum atomic E-state index is 5.74. The van der Waals surface area contributed by atoms with Crippen molar-refractivity contribution in [2.75, 3.05) is 7.11 Å². The highest BCUT2D eigenvalue weighted by Crippen LogP contribution is 2.11. The smallest absolute Gasteiger partial charge is 0.187 e. The second kappa shape index (κ2) is 4.90. The van der Waals surface area contributed by atoms with E-state index in [-0.39, 0.29) is 6.29 Å². The van der Waals surface area contributed by atoms with E-state index in [9.17, 15) is 0 Å². The van der Waals surface area contributed by atoms with Crippen LogP contribution in [-0.4, -0.2) is 21.7 Å². The number of methoxy groups -OCH3 is 1. The molecule has 0 heterocycles. The van der Waals surface area contributed by atoms with Gasteiger partial charge in [-0.1, -0.05) is 13.3 Å². The van der Waals surface area contributed by atoms with Gasteiger partial charge in [0.2, 0.25) is 0 Å². The maximum absolute atomic E-state index is 5.74. The molecule has 1 atom stereocenters. The summed E-state index contributed by atoms with van der Waals surface area (Å²) in [5.74, 6) is 0. The van der Waals surface area contributed by atoms with Crippen molar-refractivity contribution in [3.05, 3.63) is 0 Å². The molecule has 0 aromatic rings. The summed E-state index contributed by atoms with van der Waals surface area (Å²) in [6.07, 6.45) is 2.13. The number of hydrogen-bond acceptors (Lipinski definition) is 2. The Morgan fingerprint density at radius 3 is 2.09 bits per heavy atom. The molecule has 0 saturated heterocycles. The highest BCUT2D eigenvalue weighted by Gasteiger charge is 2.19. The first kappa shape index (κ1) is 11.1. The van der Waals surface area contributed by atoms with E-state index in [2.05, 4.69) is 26.6 Å². The van der Waals surface area contributed by atoms with Gasteiger partial charge in [-0.25, -0.2) is 0 Å². The molecular weight excluding hydrogens is 156 g/mol. The highest BCUT2D eigenvalue weighted by molar-refractivity contribution is 6.69. The monoisotopic (exact) mass is 176 g/mol. The molecule has 11 heavy (non-hydrogen) atoms. The van der Waals surface area contributed by atoms with Crippen LogP contribution in [0, 0.1) is 0 Å². The SMILES string of the molecule is CCCC(OC)O[Si](C)(C)C. The lowest BCUT2D eigenvalue weighted by Crippen LogP contribution is -2.32. The Kier molecular flexibility index (Phi) is 4.96. The summed E-state index contributed by atoms with van der Waals surface area (Å²) in [4.78, 5) is 0. The Hall–Kier alpha value is 0.137. The fraction of sp³-hybridized carbons (Fsp3) is 1.00. The average Bonchev–Trinajstić information content (AvgIpc) is 1.84. The summed E-state index contributed by atoms with van der Waals surface area (Å²) < 4.78 is 10.9. The Balaban J connectivity index is 3.68. The van der Waals surface area contributed by atoms with Gasteiger partial charge in [0.15, 0.2) is 8.32 Å². The molecule has 0 aliphatic heterocycles. The summed E-state index contributed by atoms with van der Waals surface area (Å²) in [6, 6.07) is 0. The predicted molar refractivity (Wildman–Crippen MR) is 50.1 cm³/mol. The zero-order valence-corrected chi connectivity index (χ0v) is 9.31. The normalized spacial score (nSPS) is 15.0. The quantitative estimate of drug-likeness (QED) is 0.473. The van der Waals surface area contributed by atoms with Gasteiger partial charge in [0.1, 0.15) is 6.29 Å². The van der Waals surface area contributed by atoms with E-state index < -0.39 is 8.32 Å². The third kappa shape index (κ3) is 6.53. The van der Waals surface area contributed by atoms with Crippen molar-refractivity contribution in [3.63, 3.8) is 0 Å². The topological polar surface area (TPSA) is 18.5 Å². The number of hydrogen-bond donors (Lipinski definition) is 0. The average molecular weight is 176 g/mol. The zero-order valence-electron chi connectivity index (χ0n) is 8.31. The van der Waals surface area contributed by atoms with Gasteiger partial charge in [-0.05, 0) is 26.1 Å². The first-order valence-corrected chi connectivity index (χ1v) is 7.61. The molecule has 0 aliphatic rings. The lowest BCUT2D eigenvalue weighted by atomic mass is 10.3. The van der Waals surface area contributed by atoms with Crippen LogP contribution in [0.1, 0.15) is 19.8 Å². The van der Waals surface area contributed by atoms with Crippen molar-refractivity contribution < 1.29 is 9.16 Å². The van der Waals surface area contributed by atoms with E-state index in [1.807, 2.05) is 0 Å². The molecule has 1 unspecified atom stereocenters. The third-order valence-electron chi connectivity index (χ3n) is 1.27. The van der Waals surface area contributed by atoms with Gasteiger partial charge in [0.25, 0.3) is 0 Å². The molecule has 2 nitrogen and oxygen atoms in total. The molecule has 68 valence electrons. The lowest BCUT2D eigenvalue weighted by Gasteiger charge is -2.24. The predicted octanol–water partition coefficient (Wildman–Crippen LogP) is 2.61. The van der Waals surface area contributed by atoms with Gasteiger partial charge in [0, 0.05) is 7.11 Å². The molecule has 0 spiro atoms. The van der Waals surface area contributed by atoms with Crippen LogP contribution in [-0.2, 0) is 9.16 Å². The van der Waals surface area contributed by atoms with E-state index in [0.717, 1.165) is 12.8 Å². The molecule has 0 bridgehead atoms. The fourth-order valence-corrected chi connectivity index (χ4v) is 1.86. The minimum absolute atomic E-state index is 0.0201. The largest absolute Gasteiger partial charge is 0.393 e. The zero-order chi connectivity index (χ0) is 8.91. The lowest BCUT2D eigenvalue weighted by molar-refractivity contribution is -0.0641. The Morgan fingerprint density at radius 2 is 1.82 bits per heavy atom. The van der Waals surface area contributed by atoms with Gasteiger partial charge in [-0.2, -0.15) is 0 Å². The van der Waals surface area contributed by atoms with Crippen molar-refractivity contribution in [2.45, 2.75) is 45.7 Å². The molecule has 3 heteroatoms. The summed E-state index contributed by atoms with van der Waals surface area (Å²) >= 11 is 0. The summed E-state index contributed by atoms with van der Waals surface area (Å²) in [6.45, 7) is 8.66. The molecule has 0 aliphatic carbocycles. The molecule has 0 rings (SSSR count). The van der Waals surface area contributed by atoms with Gasteiger partial charge in [-0.15, -0.1) is 0 Å². The van der Waals surface area contributed by atoms with E-state index in [1.165, 1.54) is 0 Å². The summed E-state index contributed by atoms with van der Waals surface area (Å²) in [5.41, 5.74) is 0. The molecular formula is C8H20O2Si. The van der Waals surface area contributed by atoms with E-state index in [4.69, 9.17) is 9.16 Å². The van der Waals surface area contributed by atoms with Crippen molar-refractivity contribution in [1.29, 1.82) is 0 Å². The molecule has 0 aromatic carbocycles. The van der Waals surface area contributed by atoms with E-state index in [1.54, 1.807) is 7.11 Å². The maximum Gasteiger partial charge on any atom is 0.187 e. The Morgan fingerprint density at radius 1 is 1.27 bits per heavy atom. The van der Waals surface area contributed by atoms with E-state index >= 15 is 0 Å². The number of ether oxygens (including phenoxy) is 1. The van der Waals surface area contributed by atoms with Crippen LogP contribution in [0.4, 0.5) is 0 Å². The van der Waals surface area contributed by atoms with Crippen LogP contribution in [0.2, 0.25) is 19.6 Å². The van der Waals surface area contributed by atoms with Crippen molar-refractivity contribution in [3.8, 4) is 0 Å². The van der Waals surface area contributed by atoms with Crippen molar-refractivity contribution in [1.82, 2.24) is 0 Å². The summed E-state index contributed by atoms with van der Waals surface area (Å²) in [7, 11) is 0.305. The molecule has 0 radical (unpaired) electrons. The van der Waals surface area contributed by atoms with E-state index in [0.29, 0.717) is 0 Å². The molecule has 0 fully saturated rings. The third-order valence-corrected chi connectivity index (χ3v) is 2.24. The van der Waals surface area contributed by atoms with Gasteiger partial charge in [0.05, 0.1) is 0 Å². The first-order valence-electron chi connectivity index (χ1n) is 4.20. The molecule has 0 N–H and O–H groups in total. The Labute approximate surface area is 71.0 Å². The first-order chi connectivity index (χ1) is 4.99. The Bertz CT molecular complexity index is 98.8. The standard InChI is InChI=1S/C8H20O2Si/c1-6-7-8(9-2)10-11(3,4)5/h8H,6-7H2,1-5H3. The minimum Gasteiger partial charge on any atom is -0.393 e. The molecule has 0 amide bonds. The van der Waals surface area contributed by atoms with Crippen LogP contribution in [0.3, 0.4) is 0 Å². The van der Waals surface area contributed by atoms with Crippen LogP contribution < -0.4 is 0 Å². The highest BCUT2D eigenvalue weighted by atomic mass is 28.4. The van der Waals surface area contributed by atoms with Crippen LogP contribution in [0.5, 0.6) is 0 Å². The second-order valence-corrected chi connectivity index (χ2v) is 8.14. The van der Waals surface area contributed by atoms with Crippen molar-refractivity contribution >= 4 is 8.32 Å². The molecule has 0 saturated carbocycles. The van der Waals surface area contributed by atoms with Gasteiger partial charge >= 0.3 is 0 Å². The van der Waals surface area contributed by atoms with Crippen LogP contribution >= 0.6 is 0 Å². The van der Waals surface area contributed by atoms with Gasteiger partial charge < -0.3 is 9.16 Å². The second-order valence-electron chi connectivity index (χ2n) is 3.68. The molecule has 0 aromatic heterocycles. The minimum atomic E-state index is -1.40. The summed E-state index contributed by atoms with van der Waals surface area (Å²) in [5, 5.41) is 0. The van der Waals surface area contributed by atoms with Crippen molar-refractivity contribution in [2.24, 2.45) is 0 Å². The van der Waals surface area contributed by atoms with Crippen LogP contribution in [0.25, 0.3) is 0 Å². The number of rotatable bonds is 5.